The molecule has 0 unspecified atom stereocenters. The van der Waals surface area contributed by atoms with Gasteiger partial charge in [0.1, 0.15) is 5.75 Å². The number of likely N-dealkylation sites (tertiary alicyclic amines) is 1. The molecular weight excluding hydrogens is 519 g/mol. The molecule has 1 atom stereocenters. The number of carbonyl (C=O) groups is 1. The van der Waals surface area contributed by atoms with Gasteiger partial charge in [-0.2, -0.15) is 0 Å². The summed E-state index contributed by atoms with van der Waals surface area (Å²) in [5, 5.41) is 23.1. The number of carboxylic acid groups (broad SMARTS) is 1. The van der Waals surface area contributed by atoms with Crippen LogP contribution in [0.5, 0.6) is 5.75 Å². The molecule has 6 nitrogen and oxygen atoms in total. The van der Waals surface area contributed by atoms with Crippen molar-refractivity contribution in [1.82, 2.24) is 9.88 Å². The number of carboxylic acids is 1. The minimum atomic E-state index is -0.904. The number of ether oxygens (including phenoxy) is 1. The lowest BCUT2D eigenvalue weighted by Gasteiger charge is -2.39. The Kier molecular flexibility index (Phi) is 9.01. The Bertz CT molecular complexity index is 1220. The minimum absolute atomic E-state index is 0.299. The highest BCUT2D eigenvalue weighted by molar-refractivity contribution is 7.99. The van der Waals surface area contributed by atoms with Crippen LogP contribution in [-0.2, 0) is 4.79 Å². The van der Waals surface area contributed by atoms with Gasteiger partial charge in [0.2, 0.25) is 0 Å². The number of benzene rings is 2. The zero-order valence-electron chi connectivity index (χ0n) is 20.1. The molecule has 0 aliphatic carbocycles. The van der Waals surface area contributed by atoms with E-state index in [-0.39, 0.29) is 0 Å². The van der Waals surface area contributed by atoms with Crippen molar-refractivity contribution in [1.29, 1.82) is 0 Å². The first-order valence-corrected chi connectivity index (χ1v) is 13.7. The monoisotopic (exact) mass is 548 g/mol. The molecule has 1 aromatic heterocycles. The smallest absolute Gasteiger partial charge is 0.309 e. The lowest BCUT2D eigenvalue weighted by Crippen LogP contribution is -2.45. The van der Waals surface area contributed by atoms with E-state index in [4.69, 9.17) is 27.9 Å². The van der Waals surface area contributed by atoms with E-state index in [1.54, 1.807) is 31.0 Å². The highest BCUT2D eigenvalue weighted by Gasteiger charge is 2.41. The van der Waals surface area contributed by atoms with Gasteiger partial charge in [-0.15, -0.1) is 11.8 Å². The van der Waals surface area contributed by atoms with E-state index < -0.39 is 17.5 Å². The van der Waals surface area contributed by atoms with E-state index >= 15 is 0 Å². The Hall–Kier alpha value is -2.03. The first-order chi connectivity index (χ1) is 17.3. The SMILES string of the molecule is COc1ccc2ncc(Cl)c([C@@H](O)CCC3(C(=O)O)CCN(CCSc4cccc(Cl)c4)CC3)c2c1. The number of fused-ring (bicyclic) bond motifs is 1. The van der Waals surface area contributed by atoms with Crippen LogP contribution in [0.25, 0.3) is 10.9 Å². The predicted molar refractivity (Wildman–Crippen MR) is 145 cm³/mol. The number of piperidine rings is 1. The second-order valence-electron chi connectivity index (χ2n) is 9.19. The summed E-state index contributed by atoms with van der Waals surface area (Å²) in [5.74, 6) is 0.758. The Balaban J connectivity index is 1.37. The van der Waals surface area contributed by atoms with Crippen LogP contribution in [0, 0.1) is 5.41 Å². The number of aromatic nitrogens is 1. The first kappa shape index (κ1) is 27.0. The maximum atomic E-state index is 12.4. The number of hydrogen-bond acceptors (Lipinski definition) is 6. The predicted octanol–water partition coefficient (Wildman–Crippen LogP) is 6.32. The third-order valence-electron chi connectivity index (χ3n) is 7.04. The van der Waals surface area contributed by atoms with E-state index in [0.717, 1.165) is 22.2 Å². The van der Waals surface area contributed by atoms with Crippen LogP contribution in [0.15, 0.2) is 53.6 Å². The maximum Gasteiger partial charge on any atom is 0.309 e. The average molecular weight is 550 g/mol. The molecule has 2 heterocycles. The van der Waals surface area contributed by atoms with Crippen LogP contribution in [0.1, 0.15) is 37.4 Å². The molecule has 1 aliphatic heterocycles. The molecule has 1 saturated heterocycles. The second kappa shape index (κ2) is 12.0. The molecule has 2 aromatic carbocycles. The van der Waals surface area contributed by atoms with Gasteiger partial charge in [0.15, 0.2) is 0 Å². The van der Waals surface area contributed by atoms with E-state index in [2.05, 4.69) is 9.88 Å². The van der Waals surface area contributed by atoms with E-state index in [0.29, 0.717) is 66.0 Å². The van der Waals surface area contributed by atoms with Crippen molar-refractivity contribution in [2.24, 2.45) is 5.41 Å². The summed E-state index contributed by atoms with van der Waals surface area (Å²) in [4.78, 5) is 20.1. The van der Waals surface area contributed by atoms with Crippen molar-refractivity contribution in [3.63, 3.8) is 0 Å². The molecule has 0 radical (unpaired) electrons. The molecule has 36 heavy (non-hydrogen) atoms. The van der Waals surface area contributed by atoms with Gasteiger partial charge in [-0.05, 0) is 75.2 Å². The lowest BCUT2D eigenvalue weighted by atomic mass is 9.74. The van der Waals surface area contributed by atoms with E-state index in [1.807, 2.05) is 30.3 Å². The second-order valence-corrected chi connectivity index (χ2v) is 11.2. The molecule has 0 bridgehead atoms. The number of hydrogen-bond donors (Lipinski definition) is 2. The van der Waals surface area contributed by atoms with Crippen molar-refractivity contribution >= 4 is 51.8 Å². The van der Waals surface area contributed by atoms with Crippen LogP contribution in [0.2, 0.25) is 10.0 Å². The van der Waals surface area contributed by atoms with E-state index in [9.17, 15) is 15.0 Å². The number of aliphatic carboxylic acids is 1. The standard InChI is InChI=1S/C27H30Cl2N2O4S/c1-35-19-5-6-23-21(16-19)25(22(29)17-30-23)24(32)7-8-27(26(33)34)9-11-31(12-10-27)13-14-36-20-4-2-3-18(28)15-20/h2-6,15-17,24,32H,7-14H2,1H3,(H,33,34)/t24-/m0/s1. The molecule has 9 heteroatoms. The summed E-state index contributed by atoms with van der Waals surface area (Å²) in [6.07, 6.45) is 2.40. The normalized spacial score (nSPS) is 16.7. The maximum absolute atomic E-state index is 12.4. The van der Waals surface area contributed by atoms with Crippen molar-refractivity contribution in [2.45, 2.75) is 36.7 Å². The van der Waals surface area contributed by atoms with Crippen molar-refractivity contribution in [3.8, 4) is 5.75 Å². The van der Waals surface area contributed by atoms with E-state index in [1.165, 1.54) is 6.20 Å². The lowest BCUT2D eigenvalue weighted by molar-refractivity contribution is -0.153. The highest BCUT2D eigenvalue weighted by atomic mass is 35.5. The van der Waals surface area contributed by atoms with Gasteiger partial charge in [-0.1, -0.05) is 29.3 Å². The zero-order chi connectivity index (χ0) is 25.7. The number of aliphatic hydroxyl groups excluding tert-OH is 1. The van der Waals surface area contributed by atoms with Crippen LogP contribution in [-0.4, -0.2) is 58.6 Å². The van der Waals surface area contributed by atoms with Gasteiger partial charge in [-0.3, -0.25) is 9.78 Å². The molecule has 3 aromatic rings. The number of thioether (sulfide) groups is 1. The average Bonchev–Trinajstić information content (AvgIpc) is 2.87. The number of aliphatic hydroxyl groups is 1. The van der Waals surface area contributed by atoms with Crippen LogP contribution < -0.4 is 4.74 Å². The highest BCUT2D eigenvalue weighted by Crippen LogP contribution is 2.41. The Morgan fingerprint density at radius 1 is 1.22 bits per heavy atom. The molecule has 0 saturated carbocycles. The molecule has 1 fully saturated rings. The summed E-state index contributed by atoms with van der Waals surface area (Å²) >= 11 is 14.2. The summed E-state index contributed by atoms with van der Waals surface area (Å²) in [5.41, 5.74) is 0.410. The number of methoxy groups -OCH3 is 1. The number of halogens is 2. The molecule has 0 amide bonds. The largest absolute Gasteiger partial charge is 0.497 e. The first-order valence-electron chi connectivity index (χ1n) is 12.0. The van der Waals surface area contributed by atoms with Crippen molar-refractivity contribution in [3.05, 3.63) is 64.3 Å². The summed E-state index contributed by atoms with van der Waals surface area (Å²) in [7, 11) is 1.58. The van der Waals surface area contributed by atoms with Gasteiger partial charge in [0.25, 0.3) is 0 Å². The topological polar surface area (TPSA) is 82.9 Å². The van der Waals surface area contributed by atoms with Gasteiger partial charge in [0.05, 0.1) is 29.2 Å². The fraction of sp³-hybridized carbons (Fsp3) is 0.407. The van der Waals surface area contributed by atoms with Crippen molar-refractivity contribution in [2.75, 3.05) is 32.5 Å². The molecule has 4 rings (SSSR count). The third-order valence-corrected chi connectivity index (χ3v) is 8.55. The number of nitrogens with zero attached hydrogens (tertiary/aromatic N) is 2. The Morgan fingerprint density at radius 2 is 2.00 bits per heavy atom. The fourth-order valence-corrected chi connectivity index (χ4v) is 6.32. The summed E-state index contributed by atoms with van der Waals surface area (Å²) < 4.78 is 5.33. The van der Waals surface area contributed by atoms with Gasteiger partial charge in [-0.25, -0.2) is 0 Å². The zero-order valence-corrected chi connectivity index (χ0v) is 22.5. The van der Waals surface area contributed by atoms with Gasteiger partial charge >= 0.3 is 5.97 Å². The van der Waals surface area contributed by atoms with Crippen LogP contribution >= 0.6 is 35.0 Å². The molecule has 0 spiro atoms. The summed E-state index contributed by atoms with van der Waals surface area (Å²) in [6, 6.07) is 13.2. The Morgan fingerprint density at radius 3 is 2.69 bits per heavy atom. The number of pyridine rings is 1. The number of rotatable bonds is 10. The Labute approximate surface area is 225 Å². The minimum Gasteiger partial charge on any atom is -0.497 e. The summed E-state index contributed by atoms with van der Waals surface area (Å²) in [6.45, 7) is 2.32. The van der Waals surface area contributed by atoms with Crippen LogP contribution in [0.3, 0.4) is 0 Å². The molecule has 2 N–H and O–H groups in total. The van der Waals surface area contributed by atoms with Crippen molar-refractivity contribution < 1.29 is 19.7 Å². The van der Waals surface area contributed by atoms with Crippen LogP contribution in [0.4, 0.5) is 0 Å². The fourth-order valence-electron chi connectivity index (χ4n) is 4.82. The molecular formula is C27H30Cl2N2O4S. The molecule has 192 valence electrons. The molecule has 1 aliphatic rings. The van der Waals surface area contributed by atoms with Gasteiger partial charge in [0, 0.05) is 39.4 Å². The quantitative estimate of drug-likeness (QED) is 0.286. The third kappa shape index (κ3) is 6.26. The van der Waals surface area contributed by atoms with Gasteiger partial charge < -0.3 is 19.8 Å².